The average molecular weight is 279 g/mol. The zero-order valence-corrected chi connectivity index (χ0v) is 10.4. The van der Waals surface area contributed by atoms with Gasteiger partial charge >= 0.3 is 6.18 Å². The van der Waals surface area contributed by atoms with E-state index in [1.807, 2.05) is 0 Å². The van der Waals surface area contributed by atoms with E-state index < -0.39 is 21.6 Å². The normalized spacial score (nSPS) is 18.4. The summed E-state index contributed by atoms with van der Waals surface area (Å²) in [5.74, 6) is 0. The fraction of sp³-hybridized carbons (Fsp3) is 0.455. The number of para-hydroxylation sites is 1. The molecule has 0 aliphatic heterocycles. The van der Waals surface area contributed by atoms with Gasteiger partial charge in [0.15, 0.2) is 9.84 Å². The van der Waals surface area contributed by atoms with Crippen LogP contribution in [0, 0.1) is 0 Å². The first-order valence-electron chi connectivity index (χ1n) is 5.30. The third-order valence-corrected chi connectivity index (χ3v) is 4.11. The second-order valence-electron chi connectivity index (χ2n) is 4.47. The van der Waals surface area contributed by atoms with Crippen molar-refractivity contribution in [2.45, 2.75) is 29.5 Å². The standard InChI is InChI=1S/C11H12F3NO2S/c1-18(16,17)9-5-3-2-4-8(9)15-10(6-7-10)11(12,13)14/h2-5,15H,6-7H2,1H3. The van der Waals surface area contributed by atoms with Crippen molar-refractivity contribution in [3.8, 4) is 0 Å². The van der Waals surface area contributed by atoms with Crippen LogP contribution in [0.15, 0.2) is 29.2 Å². The first-order valence-corrected chi connectivity index (χ1v) is 7.19. The highest BCUT2D eigenvalue weighted by molar-refractivity contribution is 7.90. The number of alkyl halides is 3. The van der Waals surface area contributed by atoms with Crippen LogP contribution in [0.3, 0.4) is 0 Å². The van der Waals surface area contributed by atoms with Crippen molar-refractivity contribution in [3.63, 3.8) is 0 Å². The Morgan fingerprint density at radius 2 is 1.78 bits per heavy atom. The van der Waals surface area contributed by atoms with E-state index in [1.165, 1.54) is 24.3 Å². The smallest absolute Gasteiger partial charge is 0.370 e. The number of benzene rings is 1. The molecule has 1 saturated carbocycles. The van der Waals surface area contributed by atoms with E-state index in [1.54, 1.807) is 0 Å². The van der Waals surface area contributed by atoms with Gasteiger partial charge in [0.2, 0.25) is 0 Å². The van der Waals surface area contributed by atoms with Gasteiger partial charge in [-0.05, 0) is 25.0 Å². The Labute approximate surface area is 103 Å². The number of hydrogen-bond acceptors (Lipinski definition) is 3. The van der Waals surface area contributed by atoms with E-state index >= 15 is 0 Å². The molecule has 0 atom stereocenters. The Balaban J connectivity index is 2.37. The Bertz CT molecular complexity index is 562. The molecular weight excluding hydrogens is 267 g/mol. The second-order valence-corrected chi connectivity index (χ2v) is 6.46. The minimum absolute atomic E-state index is 0.00910. The summed E-state index contributed by atoms with van der Waals surface area (Å²) in [6, 6.07) is 5.63. The fourth-order valence-electron chi connectivity index (χ4n) is 1.76. The van der Waals surface area contributed by atoms with Crippen molar-refractivity contribution in [2.75, 3.05) is 11.6 Å². The summed E-state index contributed by atoms with van der Waals surface area (Å²) in [7, 11) is -3.55. The molecule has 0 aromatic heterocycles. The van der Waals surface area contributed by atoms with E-state index in [2.05, 4.69) is 5.32 Å². The Morgan fingerprint density at radius 3 is 2.22 bits per heavy atom. The molecular formula is C11H12F3NO2S. The van der Waals surface area contributed by atoms with Gasteiger partial charge in [-0.3, -0.25) is 0 Å². The Morgan fingerprint density at radius 1 is 1.22 bits per heavy atom. The maximum atomic E-state index is 12.8. The lowest BCUT2D eigenvalue weighted by atomic mass is 10.2. The van der Waals surface area contributed by atoms with Crippen molar-refractivity contribution in [3.05, 3.63) is 24.3 Å². The molecule has 0 amide bonds. The topological polar surface area (TPSA) is 46.2 Å². The van der Waals surface area contributed by atoms with Gasteiger partial charge in [-0.2, -0.15) is 13.2 Å². The van der Waals surface area contributed by atoms with Gasteiger partial charge in [0.05, 0.1) is 10.6 Å². The summed E-state index contributed by atoms with van der Waals surface area (Å²) in [4.78, 5) is -0.111. The molecule has 0 spiro atoms. The monoisotopic (exact) mass is 279 g/mol. The highest BCUT2D eigenvalue weighted by atomic mass is 32.2. The number of rotatable bonds is 3. The predicted octanol–water partition coefficient (Wildman–Crippen LogP) is 2.60. The molecule has 0 bridgehead atoms. The number of anilines is 1. The lowest BCUT2D eigenvalue weighted by molar-refractivity contribution is -0.151. The van der Waals surface area contributed by atoms with Crippen LogP contribution in [0.5, 0.6) is 0 Å². The van der Waals surface area contributed by atoms with Crippen molar-refractivity contribution in [1.82, 2.24) is 0 Å². The van der Waals surface area contributed by atoms with Gasteiger partial charge in [-0.25, -0.2) is 8.42 Å². The summed E-state index contributed by atoms with van der Waals surface area (Å²) in [6.07, 6.45) is -3.47. The third kappa shape index (κ3) is 2.31. The molecule has 100 valence electrons. The molecule has 0 heterocycles. The molecule has 0 radical (unpaired) electrons. The lowest BCUT2D eigenvalue weighted by Gasteiger charge is -2.23. The van der Waals surface area contributed by atoms with Crippen LogP contribution in [0.1, 0.15) is 12.8 Å². The first-order chi connectivity index (χ1) is 8.16. The number of halogens is 3. The summed E-state index contributed by atoms with van der Waals surface area (Å²) in [5, 5.41) is 2.34. The third-order valence-electron chi connectivity index (χ3n) is 2.95. The lowest BCUT2D eigenvalue weighted by Crippen LogP contribution is -2.39. The predicted molar refractivity (Wildman–Crippen MR) is 61.2 cm³/mol. The van der Waals surface area contributed by atoms with Crippen molar-refractivity contribution < 1.29 is 21.6 Å². The first kappa shape index (κ1) is 13.2. The van der Waals surface area contributed by atoms with Gasteiger partial charge in [0.1, 0.15) is 5.54 Å². The Hall–Kier alpha value is -1.24. The van der Waals surface area contributed by atoms with Crippen molar-refractivity contribution in [1.29, 1.82) is 0 Å². The van der Waals surface area contributed by atoms with Crippen LogP contribution in [0.4, 0.5) is 18.9 Å². The largest absolute Gasteiger partial charge is 0.411 e. The molecule has 1 aliphatic rings. The van der Waals surface area contributed by atoms with Gasteiger partial charge in [-0.15, -0.1) is 0 Å². The molecule has 1 aliphatic carbocycles. The van der Waals surface area contributed by atoms with Crippen molar-refractivity contribution in [2.24, 2.45) is 0 Å². The van der Waals surface area contributed by atoms with Crippen LogP contribution >= 0.6 is 0 Å². The molecule has 0 saturated heterocycles. The highest BCUT2D eigenvalue weighted by Crippen LogP contribution is 2.51. The molecule has 1 N–H and O–H groups in total. The van der Waals surface area contributed by atoms with Gasteiger partial charge in [0, 0.05) is 6.26 Å². The molecule has 7 heteroatoms. The second kappa shape index (κ2) is 3.88. The maximum Gasteiger partial charge on any atom is 0.411 e. The average Bonchev–Trinajstić information content (AvgIpc) is 2.97. The highest BCUT2D eigenvalue weighted by Gasteiger charge is 2.63. The Kier molecular flexibility index (Phi) is 2.84. The molecule has 1 aromatic rings. The number of hydrogen-bond donors (Lipinski definition) is 1. The van der Waals surface area contributed by atoms with E-state index in [-0.39, 0.29) is 23.4 Å². The van der Waals surface area contributed by atoms with Gasteiger partial charge in [-0.1, -0.05) is 12.1 Å². The van der Waals surface area contributed by atoms with Gasteiger partial charge in [0.25, 0.3) is 0 Å². The zero-order chi connectivity index (χ0) is 13.6. The summed E-state index contributed by atoms with van der Waals surface area (Å²) in [6.45, 7) is 0. The molecule has 0 unspecified atom stereocenters. The van der Waals surface area contributed by atoms with E-state index in [0.717, 1.165) is 6.26 Å². The van der Waals surface area contributed by atoms with Gasteiger partial charge < -0.3 is 5.32 Å². The zero-order valence-electron chi connectivity index (χ0n) is 9.58. The van der Waals surface area contributed by atoms with Crippen molar-refractivity contribution >= 4 is 15.5 Å². The SMILES string of the molecule is CS(=O)(=O)c1ccccc1NC1(C(F)(F)F)CC1. The van der Waals surface area contributed by atoms with Crippen LogP contribution in [0.2, 0.25) is 0 Å². The molecule has 18 heavy (non-hydrogen) atoms. The fourth-order valence-corrected chi connectivity index (χ4v) is 2.60. The summed E-state index contributed by atoms with van der Waals surface area (Å²) >= 11 is 0. The minimum atomic E-state index is -4.38. The molecule has 3 nitrogen and oxygen atoms in total. The van der Waals surface area contributed by atoms with Crippen LogP contribution < -0.4 is 5.32 Å². The minimum Gasteiger partial charge on any atom is -0.370 e. The summed E-state index contributed by atoms with van der Waals surface area (Å²) < 4.78 is 61.4. The van der Waals surface area contributed by atoms with Crippen LogP contribution in [0.25, 0.3) is 0 Å². The molecule has 2 rings (SSSR count). The van der Waals surface area contributed by atoms with E-state index in [0.29, 0.717) is 0 Å². The molecule has 1 fully saturated rings. The van der Waals surface area contributed by atoms with Crippen LogP contribution in [-0.2, 0) is 9.84 Å². The van der Waals surface area contributed by atoms with E-state index in [9.17, 15) is 21.6 Å². The number of nitrogens with one attached hydrogen (secondary N) is 1. The molecule has 1 aromatic carbocycles. The van der Waals surface area contributed by atoms with Crippen LogP contribution in [-0.4, -0.2) is 26.4 Å². The summed E-state index contributed by atoms with van der Waals surface area (Å²) in [5.41, 5.74) is -1.96. The van der Waals surface area contributed by atoms with E-state index in [4.69, 9.17) is 0 Å². The number of sulfone groups is 1. The maximum absolute atomic E-state index is 12.8. The quantitative estimate of drug-likeness (QED) is 0.925.